The summed E-state index contributed by atoms with van der Waals surface area (Å²) >= 11 is 0. The number of imidazole rings is 1. The van der Waals surface area contributed by atoms with E-state index in [1.807, 2.05) is 17.7 Å². The number of alkyl halides is 3. The van der Waals surface area contributed by atoms with E-state index in [2.05, 4.69) is 25.6 Å². The summed E-state index contributed by atoms with van der Waals surface area (Å²) in [6.07, 6.45) is -0.618. The molecule has 12 nitrogen and oxygen atoms in total. The minimum atomic E-state index is -4.86. The maximum Gasteiger partial charge on any atom is 0.423 e. The molecule has 0 radical (unpaired) electrons. The number of amides is 1. The van der Waals surface area contributed by atoms with Gasteiger partial charge in [0.05, 0.1) is 25.1 Å². The number of rotatable bonds is 11. The number of benzene rings is 2. The highest BCUT2D eigenvalue weighted by Crippen LogP contribution is 2.42. The van der Waals surface area contributed by atoms with Crippen molar-refractivity contribution < 1.29 is 35.9 Å². The Labute approximate surface area is 263 Å². The Morgan fingerprint density at radius 1 is 1.17 bits per heavy atom. The molecule has 1 aliphatic carbocycles. The summed E-state index contributed by atoms with van der Waals surface area (Å²) in [7, 11) is -1.00. The SMILES string of the molecule is COc1cc(C(=O)NCCn2ccnc2C)ccc1Nc1ncc(C(F)(F)F)c(O[C@@H]2Cc3ccccc3[C@H]2N(C)S(C)(=O)=O)n1. The van der Waals surface area contributed by atoms with Crippen molar-refractivity contribution in [3.63, 3.8) is 0 Å². The average Bonchev–Trinajstić information content (AvgIpc) is 3.58. The quantitative estimate of drug-likeness (QED) is 0.243. The zero-order chi connectivity index (χ0) is 33.2. The monoisotopic (exact) mass is 659 g/mol. The van der Waals surface area contributed by atoms with Gasteiger partial charge in [-0.25, -0.2) is 18.4 Å². The van der Waals surface area contributed by atoms with Gasteiger partial charge in [-0.1, -0.05) is 24.3 Å². The summed E-state index contributed by atoms with van der Waals surface area (Å²) < 4.78 is 81.4. The summed E-state index contributed by atoms with van der Waals surface area (Å²) in [6.45, 7) is 2.74. The lowest BCUT2D eigenvalue weighted by atomic mass is 10.1. The van der Waals surface area contributed by atoms with Gasteiger partial charge in [0.25, 0.3) is 5.91 Å². The second kappa shape index (κ2) is 13.0. The first-order valence-corrected chi connectivity index (χ1v) is 15.9. The molecule has 0 unspecified atom stereocenters. The summed E-state index contributed by atoms with van der Waals surface area (Å²) in [5.41, 5.74) is 0.733. The molecule has 0 aliphatic heterocycles. The van der Waals surface area contributed by atoms with Crippen LogP contribution in [0.2, 0.25) is 0 Å². The Morgan fingerprint density at radius 3 is 2.61 bits per heavy atom. The number of carbonyl (C=O) groups excluding carboxylic acids is 1. The minimum absolute atomic E-state index is 0.157. The standard InChI is InChI=1S/C30H32F3N7O5S/c1-18-34-11-13-40(18)14-12-35-27(41)20-9-10-23(24(16-20)44-3)37-29-36-17-22(30(31,32)33)28(38-29)45-25-15-19-7-5-6-8-21(19)26(25)39(2)46(4,42)43/h5-11,13,16-17,25-26H,12,14-15H2,1-4H3,(H,35,41)(H,36,37,38)/t25-,26-/m1/s1. The Bertz CT molecular complexity index is 1850. The Balaban J connectivity index is 1.38. The number of likely N-dealkylation sites (N-methyl/N-ethyl adjacent to an activating group) is 1. The highest BCUT2D eigenvalue weighted by molar-refractivity contribution is 7.88. The summed E-state index contributed by atoms with van der Waals surface area (Å²) in [5, 5.41) is 5.66. The zero-order valence-electron chi connectivity index (χ0n) is 25.4. The van der Waals surface area contributed by atoms with E-state index < -0.39 is 39.8 Å². The smallest absolute Gasteiger partial charge is 0.423 e. The molecular formula is C30H32F3N7O5S. The van der Waals surface area contributed by atoms with E-state index in [0.717, 1.165) is 21.9 Å². The number of hydrogen-bond acceptors (Lipinski definition) is 9. The van der Waals surface area contributed by atoms with Crippen molar-refractivity contribution in [2.24, 2.45) is 0 Å². The normalized spacial score (nSPS) is 16.3. The van der Waals surface area contributed by atoms with Crippen LogP contribution in [0, 0.1) is 6.92 Å². The van der Waals surface area contributed by atoms with Gasteiger partial charge >= 0.3 is 6.18 Å². The van der Waals surface area contributed by atoms with Crippen molar-refractivity contribution in [2.75, 3.05) is 32.3 Å². The Hall–Kier alpha value is -4.70. The fourth-order valence-corrected chi connectivity index (χ4v) is 5.88. The second-order valence-electron chi connectivity index (χ2n) is 10.7. The largest absolute Gasteiger partial charge is 0.495 e. The van der Waals surface area contributed by atoms with Crippen molar-refractivity contribution in [1.29, 1.82) is 0 Å². The van der Waals surface area contributed by atoms with Crippen LogP contribution in [0.15, 0.2) is 61.1 Å². The van der Waals surface area contributed by atoms with E-state index in [1.165, 1.54) is 32.4 Å². The van der Waals surface area contributed by atoms with Crippen LogP contribution in [-0.2, 0) is 29.2 Å². The van der Waals surface area contributed by atoms with Crippen LogP contribution in [0.25, 0.3) is 0 Å². The molecule has 0 fully saturated rings. The molecule has 0 saturated carbocycles. The van der Waals surface area contributed by atoms with E-state index in [0.29, 0.717) is 30.4 Å². The second-order valence-corrected chi connectivity index (χ2v) is 12.7. The van der Waals surface area contributed by atoms with E-state index in [9.17, 15) is 26.4 Å². The molecule has 46 heavy (non-hydrogen) atoms. The van der Waals surface area contributed by atoms with E-state index >= 15 is 0 Å². The van der Waals surface area contributed by atoms with Gasteiger partial charge in [0.1, 0.15) is 23.2 Å². The number of hydrogen-bond donors (Lipinski definition) is 2. The highest BCUT2D eigenvalue weighted by Gasteiger charge is 2.43. The van der Waals surface area contributed by atoms with Crippen molar-refractivity contribution in [3.05, 3.63) is 89.1 Å². The molecule has 1 aliphatic rings. The van der Waals surface area contributed by atoms with Crippen LogP contribution >= 0.6 is 0 Å². The number of fused-ring (bicyclic) bond motifs is 1. The number of halogens is 3. The molecule has 5 rings (SSSR count). The predicted octanol–water partition coefficient (Wildman–Crippen LogP) is 4.12. The van der Waals surface area contributed by atoms with Crippen molar-refractivity contribution in [2.45, 2.75) is 38.2 Å². The number of ether oxygens (including phenoxy) is 2. The molecule has 0 bridgehead atoms. The third-order valence-electron chi connectivity index (χ3n) is 7.66. The predicted molar refractivity (Wildman–Crippen MR) is 163 cm³/mol. The van der Waals surface area contributed by atoms with E-state index in [-0.39, 0.29) is 29.7 Å². The molecule has 2 heterocycles. The molecule has 4 aromatic rings. The lowest BCUT2D eigenvalue weighted by Gasteiger charge is -2.29. The van der Waals surface area contributed by atoms with Gasteiger partial charge in [-0.15, -0.1) is 0 Å². The zero-order valence-corrected chi connectivity index (χ0v) is 26.2. The van der Waals surface area contributed by atoms with Crippen LogP contribution in [-0.4, -0.2) is 71.2 Å². The maximum atomic E-state index is 14.1. The molecule has 2 aromatic carbocycles. The first-order chi connectivity index (χ1) is 21.8. The van der Waals surface area contributed by atoms with E-state index in [4.69, 9.17) is 9.47 Å². The molecule has 2 aromatic heterocycles. The van der Waals surface area contributed by atoms with Crippen molar-refractivity contribution in [1.82, 2.24) is 29.1 Å². The fourth-order valence-electron chi connectivity index (χ4n) is 5.22. The van der Waals surface area contributed by atoms with Crippen molar-refractivity contribution in [3.8, 4) is 11.6 Å². The number of nitrogens with zero attached hydrogens (tertiary/aromatic N) is 5. The van der Waals surface area contributed by atoms with Crippen LogP contribution < -0.4 is 20.1 Å². The first-order valence-electron chi connectivity index (χ1n) is 14.1. The number of aromatic nitrogens is 4. The molecule has 2 atom stereocenters. The minimum Gasteiger partial charge on any atom is -0.495 e. The lowest BCUT2D eigenvalue weighted by Crippen LogP contribution is -2.38. The van der Waals surface area contributed by atoms with Crippen molar-refractivity contribution >= 4 is 27.6 Å². The van der Waals surface area contributed by atoms with Crippen LogP contribution in [0.5, 0.6) is 11.6 Å². The molecule has 0 saturated heterocycles. The number of nitrogens with one attached hydrogen (secondary N) is 2. The van der Waals surface area contributed by atoms with Crippen LogP contribution in [0.1, 0.15) is 38.9 Å². The molecule has 2 N–H and O–H groups in total. The first kappa shape index (κ1) is 32.7. The molecule has 0 spiro atoms. The maximum absolute atomic E-state index is 14.1. The van der Waals surface area contributed by atoms with Gasteiger partial charge in [-0.3, -0.25) is 4.79 Å². The van der Waals surface area contributed by atoms with Gasteiger partial charge in [0.15, 0.2) is 0 Å². The third-order valence-corrected chi connectivity index (χ3v) is 8.93. The number of anilines is 2. The Kier molecular flexibility index (Phi) is 9.21. The van der Waals surface area contributed by atoms with Gasteiger partial charge < -0.3 is 24.7 Å². The number of aryl methyl sites for hydroxylation is 1. The summed E-state index contributed by atoms with van der Waals surface area (Å²) in [5.74, 6) is -0.323. The Morgan fingerprint density at radius 2 is 1.93 bits per heavy atom. The highest BCUT2D eigenvalue weighted by atomic mass is 32.2. The number of methoxy groups -OCH3 is 1. The molecule has 1 amide bonds. The number of sulfonamides is 1. The fraction of sp³-hybridized carbons (Fsp3) is 0.333. The molecular weight excluding hydrogens is 627 g/mol. The van der Waals surface area contributed by atoms with Gasteiger partial charge in [0.2, 0.25) is 21.9 Å². The average molecular weight is 660 g/mol. The van der Waals surface area contributed by atoms with E-state index in [1.54, 1.807) is 30.5 Å². The lowest BCUT2D eigenvalue weighted by molar-refractivity contribution is -0.140. The third kappa shape index (κ3) is 7.07. The van der Waals surface area contributed by atoms with Gasteiger partial charge in [-0.2, -0.15) is 22.5 Å². The number of carbonyl (C=O) groups is 1. The van der Waals surface area contributed by atoms with Gasteiger partial charge in [0, 0.05) is 50.7 Å². The topological polar surface area (TPSA) is 141 Å². The van der Waals surface area contributed by atoms with Gasteiger partial charge in [-0.05, 0) is 36.2 Å². The molecule has 244 valence electrons. The van der Waals surface area contributed by atoms with Crippen LogP contribution in [0.4, 0.5) is 24.8 Å². The summed E-state index contributed by atoms with van der Waals surface area (Å²) in [4.78, 5) is 24.8. The molecule has 16 heteroatoms. The summed E-state index contributed by atoms with van der Waals surface area (Å²) in [6, 6.07) is 10.6. The van der Waals surface area contributed by atoms with Crippen LogP contribution in [0.3, 0.4) is 0 Å².